The van der Waals surface area contributed by atoms with Crippen molar-refractivity contribution >= 4 is 16.8 Å². The first kappa shape index (κ1) is 15.3. The average Bonchev–Trinajstić information content (AvgIpc) is 2.80. The van der Waals surface area contributed by atoms with Crippen LogP contribution in [0.25, 0.3) is 5.69 Å². The molecule has 0 aliphatic carbocycles. The standard InChI is InChI=1S/C13H17N5O2S/c1-9-6-5-7-12(18-13(19)17(3)15-16-18)11(9)8-20-14-10(2)21-4/h5-7H,8H2,1-4H3. The Labute approximate surface area is 126 Å². The molecule has 1 aromatic heterocycles. The highest BCUT2D eigenvalue weighted by atomic mass is 32.2. The number of rotatable bonds is 4. The number of tetrazole rings is 1. The van der Waals surface area contributed by atoms with Crippen molar-refractivity contribution in [2.75, 3.05) is 6.26 Å². The van der Waals surface area contributed by atoms with Gasteiger partial charge in [0.15, 0.2) is 0 Å². The monoisotopic (exact) mass is 307 g/mol. The second-order valence-corrected chi connectivity index (χ2v) is 5.46. The lowest BCUT2D eigenvalue weighted by Gasteiger charge is -2.10. The zero-order valence-corrected chi connectivity index (χ0v) is 13.2. The number of benzene rings is 1. The summed E-state index contributed by atoms with van der Waals surface area (Å²) in [4.78, 5) is 17.3. The molecule has 0 aliphatic rings. The van der Waals surface area contributed by atoms with E-state index >= 15 is 0 Å². The van der Waals surface area contributed by atoms with Crippen LogP contribution in [-0.4, -0.2) is 31.1 Å². The zero-order valence-electron chi connectivity index (χ0n) is 12.4. The number of aryl methyl sites for hydroxylation is 2. The molecule has 0 radical (unpaired) electrons. The number of thioether (sulfide) groups is 1. The largest absolute Gasteiger partial charge is 0.390 e. The van der Waals surface area contributed by atoms with Crippen molar-refractivity contribution < 1.29 is 4.84 Å². The summed E-state index contributed by atoms with van der Waals surface area (Å²) < 4.78 is 2.44. The second kappa shape index (κ2) is 6.57. The molecule has 1 heterocycles. The molecule has 0 atom stereocenters. The van der Waals surface area contributed by atoms with E-state index in [1.54, 1.807) is 7.05 Å². The molecule has 0 spiro atoms. The van der Waals surface area contributed by atoms with E-state index in [2.05, 4.69) is 15.6 Å². The highest BCUT2D eigenvalue weighted by Gasteiger charge is 2.13. The number of hydrogen-bond donors (Lipinski definition) is 0. The van der Waals surface area contributed by atoms with E-state index in [0.29, 0.717) is 5.69 Å². The van der Waals surface area contributed by atoms with Crippen LogP contribution in [0.2, 0.25) is 0 Å². The van der Waals surface area contributed by atoms with Gasteiger partial charge >= 0.3 is 5.69 Å². The Morgan fingerprint density at radius 2 is 2.19 bits per heavy atom. The molecule has 0 saturated heterocycles. The van der Waals surface area contributed by atoms with Gasteiger partial charge in [0.2, 0.25) is 0 Å². The highest BCUT2D eigenvalue weighted by molar-refractivity contribution is 8.13. The summed E-state index contributed by atoms with van der Waals surface area (Å²) in [5.74, 6) is 0. The quantitative estimate of drug-likeness (QED) is 0.486. The molecule has 2 rings (SSSR count). The molecule has 2 aromatic rings. The van der Waals surface area contributed by atoms with E-state index < -0.39 is 0 Å². The molecule has 0 unspecified atom stereocenters. The van der Waals surface area contributed by atoms with Gasteiger partial charge in [0.05, 0.1) is 5.69 Å². The summed E-state index contributed by atoms with van der Waals surface area (Å²) >= 11 is 1.51. The number of oxime groups is 1. The van der Waals surface area contributed by atoms with Crippen LogP contribution in [0.4, 0.5) is 0 Å². The normalized spacial score (nSPS) is 11.7. The zero-order chi connectivity index (χ0) is 15.4. The molecular formula is C13H17N5O2S. The second-order valence-electron chi connectivity index (χ2n) is 4.46. The van der Waals surface area contributed by atoms with Crippen LogP contribution in [0.1, 0.15) is 18.1 Å². The van der Waals surface area contributed by atoms with Crippen molar-refractivity contribution in [3.63, 3.8) is 0 Å². The number of aromatic nitrogens is 4. The predicted molar refractivity (Wildman–Crippen MR) is 82.8 cm³/mol. The van der Waals surface area contributed by atoms with Crippen molar-refractivity contribution in [2.24, 2.45) is 12.2 Å². The van der Waals surface area contributed by atoms with Crippen LogP contribution in [0.3, 0.4) is 0 Å². The molecule has 0 aliphatic heterocycles. The maximum absolute atomic E-state index is 12.0. The maximum Gasteiger partial charge on any atom is 0.368 e. The molecular weight excluding hydrogens is 290 g/mol. The first-order valence-electron chi connectivity index (χ1n) is 6.33. The van der Waals surface area contributed by atoms with Crippen LogP contribution in [-0.2, 0) is 18.5 Å². The Kier molecular flexibility index (Phi) is 4.79. The predicted octanol–water partition coefficient (Wildman–Crippen LogP) is 1.49. The number of nitrogens with zero attached hydrogens (tertiary/aromatic N) is 5. The summed E-state index contributed by atoms with van der Waals surface area (Å²) in [6.07, 6.45) is 1.93. The molecule has 21 heavy (non-hydrogen) atoms. The molecule has 0 amide bonds. The minimum atomic E-state index is -0.300. The first-order valence-corrected chi connectivity index (χ1v) is 7.55. The highest BCUT2D eigenvalue weighted by Crippen LogP contribution is 2.18. The molecule has 112 valence electrons. The van der Waals surface area contributed by atoms with E-state index in [4.69, 9.17) is 4.84 Å². The van der Waals surface area contributed by atoms with Gasteiger partial charge in [-0.2, -0.15) is 9.36 Å². The van der Waals surface area contributed by atoms with Crippen LogP contribution in [0.5, 0.6) is 0 Å². The summed E-state index contributed by atoms with van der Waals surface area (Å²) in [5.41, 5.74) is 2.22. The van der Waals surface area contributed by atoms with Gasteiger partial charge in [-0.15, -0.1) is 11.8 Å². The topological polar surface area (TPSA) is 74.3 Å². The van der Waals surface area contributed by atoms with Crippen molar-refractivity contribution in [3.8, 4) is 5.69 Å². The summed E-state index contributed by atoms with van der Waals surface area (Å²) in [6, 6.07) is 5.63. The summed E-state index contributed by atoms with van der Waals surface area (Å²) in [6.45, 7) is 4.09. The lowest BCUT2D eigenvalue weighted by molar-refractivity contribution is 0.130. The van der Waals surface area contributed by atoms with Gasteiger partial charge in [-0.05, 0) is 42.2 Å². The van der Waals surface area contributed by atoms with E-state index in [9.17, 15) is 4.79 Å². The molecule has 1 aromatic carbocycles. The van der Waals surface area contributed by atoms with Gasteiger partial charge in [-0.25, -0.2) is 4.79 Å². The van der Waals surface area contributed by atoms with Crippen molar-refractivity contribution in [2.45, 2.75) is 20.5 Å². The maximum atomic E-state index is 12.0. The molecule has 8 heteroatoms. The first-order chi connectivity index (χ1) is 10.0. The SMILES string of the molecule is CSC(C)=NOCc1c(C)cccc1-n1nnn(C)c1=O. The van der Waals surface area contributed by atoms with Gasteiger partial charge in [-0.3, -0.25) is 0 Å². The van der Waals surface area contributed by atoms with E-state index in [1.165, 1.54) is 21.1 Å². The van der Waals surface area contributed by atoms with Crippen LogP contribution in [0, 0.1) is 6.92 Å². The summed E-state index contributed by atoms with van der Waals surface area (Å²) in [7, 11) is 1.56. The minimum absolute atomic E-state index is 0.267. The number of hydrogen-bond acceptors (Lipinski definition) is 6. The third kappa shape index (κ3) is 3.33. The molecule has 7 nitrogen and oxygen atoms in total. The van der Waals surface area contributed by atoms with Crippen LogP contribution < -0.4 is 5.69 Å². The fourth-order valence-corrected chi connectivity index (χ4v) is 1.89. The Balaban J connectivity index is 2.37. The molecule has 0 saturated carbocycles. The summed E-state index contributed by atoms with van der Waals surface area (Å²) in [5, 5.41) is 12.4. The van der Waals surface area contributed by atoms with Gasteiger partial charge in [-0.1, -0.05) is 17.3 Å². The van der Waals surface area contributed by atoms with Gasteiger partial charge in [0.25, 0.3) is 0 Å². The Bertz CT molecular complexity index is 720. The van der Waals surface area contributed by atoms with E-state index in [0.717, 1.165) is 16.2 Å². The van der Waals surface area contributed by atoms with E-state index in [1.807, 2.05) is 38.3 Å². The molecule has 0 N–H and O–H groups in total. The average molecular weight is 307 g/mol. The Morgan fingerprint density at radius 3 is 2.81 bits per heavy atom. The third-order valence-corrected chi connectivity index (χ3v) is 3.70. The minimum Gasteiger partial charge on any atom is -0.390 e. The fraction of sp³-hybridized carbons (Fsp3) is 0.385. The van der Waals surface area contributed by atoms with Crippen molar-refractivity contribution in [1.82, 2.24) is 19.8 Å². The Morgan fingerprint density at radius 1 is 1.43 bits per heavy atom. The lowest BCUT2D eigenvalue weighted by atomic mass is 10.1. The third-order valence-electron chi connectivity index (χ3n) is 3.03. The fourth-order valence-electron chi connectivity index (χ4n) is 1.76. The smallest absolute Gasteiger partial charge is 0.368 e. The molecule has 0 bridgehead atoms. The van der Waals surface area contributed by atoms with Gasteiger partial charge in [0, 0.05) is 12.6 Å². The Hall–Kier alpha value is -2.09. The molecule has 0 fully saturated rings. The van der Waals surface area contributed by atoms with Crippen molar-refractivity contribution in [3.05, 3.63) is 39.8 Å². The van der Waals surface area contributed by atoms with Crippen molar-refractivity contribution in [1.29, 1.82) is 0 Å². The van der Waals surface area contributed by atoms with E-state index in [-0.39, 0.29) is 12.3 Å². The van der Waals surface area contributed by atoms with Crippen LogP contribution in [0.15, 0.2) is 28.1 Å². The lowest BCUT2D eigenvalue weighted by Crippen LogP contribution is -2.23. The van der Waals surface area contributed by atoms with Crippen LogP contribution >= 0.6 is 11.8 Å². The van der Waals surface area contributed by atoms with Gasteiger partial charge < -0.3 is 4.84 Å². The van der Waals surface area contributed by atoms with Gasteiger partial charge in [0.1, 0.15) is 11.7 Å².